The minimum absolute atomic E-state index is 0.0762. The summed E-state index contributed by atoms with van der Waals surface area (Å²) in [6, 6.07) is 0. The highest BCUT2D eigenvalue weighted by molar-refractivity contribution is 14.1. The fraction of sp³-hybridized carbons (Fsp3) is 0.400. The number of nitrogens with zero attached hydrogens (tertiary/aromatic N) is 1. The molecule has 0 bridgehead atoms. The molecule has 0 atom stereocenters. The SMILES string of the molecule is COC(=O)Cc1c(C(F)F)ncc(I)c1CN. The number of hydrogen-bond donors (Lipinski definition) is 1. The summed E-state index contributed by atoms with van der Waals surface area (Å²) in [6.07, 6.45) is -1.66. The van der Waals surface area contributed by atoms with Gasteiger partial charge in [0.1, 0.15) is 5.69 Å². The van der Waals surface area contributed by atoms with E-state index >= 15 is 0 Å². The molecule has 0 spiro atoms. The van der Waals surface area contributed by atoms with Gasteiger partial charge in [0, 0.05) is 16.3 Å². The van der Waals surface area contributed by atoms with E-state index in [0.29, 0.717) is 9.13 Å². The van der Waals surface area contributed by atoms with Crippen LogP contribution in [-0.4, -0.2) is 18.1 Å². The fourth-order valence-electron chi connectivity index (χ4n) is 1.40. The topological polar surface area (TPSA) is 65.2 Å². The second-order valence-corrected chi connectivity index (χ2v) is 4.37. The standard InChI is InChI=1S/C10H11F2IN2O2/c1-17-8(16)2-5-6(3-14)7(13)4-15-9(5)10(11)12/h4,10H,2-3,14H2,1H3. The number of pyridine rings is 1. The quantitative estimate of drug-likeness (QED) is 0.660. The van der Waals surface area contributed by atoms with Crippen LogP contribution in [0.1, 0.15) is 23.2 Å². The monoisotopic (exact) mass is 356 g/mol. The van der Waals surface area contributed by atoms with Gasteiger partial charge in [0.25, 0.3) is 6.43 Å². The van der Waals surface area contributed by atoms with Gasteiger partial charge in [0.15, 0.2) is 0 Å². The van der Waals surface area contributed by atoms with Crippen LogP contribution in [0.3, 0.4) is 0 Å². The number of hydrogen-bond acceptors (Lipinski definition) is 4. The zero-order valence-electron chi connectivity index (χ0n) is 9.04. The van der Waals surface area contributed by atoms with Gasteiger partial charge in [-0.1, -0.05) is 0 Å². The summed E-state index contributed by atoms with van der Waals surface area (Å²) in [6.45, 7) is 0.0762. The number of rotatable bonds is 4. The van der Waals surface area contributed by atoms with Crippen LogP contribution in [0.2, 0.25) is 0 Å². The molecule has 0 amide bonds. The molecule has 94 valence electrons. The third kappa shape index (κ3) is 3.32. The van der Waals surface area contributed by atoms with Crippen molar-refractivity contribution in [1.29, 1.82) is 0 Å². The smallest absolute Gasteiger partial charge is 0.310 e. The minimum atomic E-state index is -2.74. The van der Waals surface area contributed by atoms with Gasteiger partial charge in [-0.25, -0.2) is 8.78 Å². The van der Waals surface area contributed by atoms with Gasteiger partial charge < -0.3 is 10.5 Å². The average Bonchev–Trinajstić information content (AvgIpc) is 2.28. The molecule has 0 saturated heterocycles. The van der Waals surface area contributed by atoms with Crippen LogP contribution >= 0.6 is 22.6 Å². The second kappa shape index (κ2) is 6.20. The Morgan fingerprint density at radius 1 is 1.59 bits per heavy atom. The van der Waals surface area contributed by atoms with Gasteiger partial charge in [-0.3, -0.25) is 9.78 Å². The zero-order chi connectivity index (χ0) is 13.0. The summed E-state index contributed by atoms with van der Waals surface area (Å²) < 4.78 is 30.7. The number of aromatic nitrogens is 1. The molecule has 0 unspecified atom stereocenters. The number of esters is 1. The van der Waals surface area contributed by atoms with Crippen molar-refractivity contribution < 1.29 is 18.3 Å². The molecule has 1 heterocycles. The normalized spacial score (nSPS) is 10.7. The zero-order valence-corrected chi connectivity index (χ0v) is 11.2. The average molecular weight is 356 g/mol. The number of carbonyl (C=O) groups excluding carboxylic acids is 1. The molecule has 1 aromatic heterocycles. The van der Waals surface area contributed by atoms with Crippen LogP contribution in [0.25, 0.3) is 0 Å². The summed E-state index contributed by atoms with van der Waals surface area (Å²) in [5.41, 5.74) is 5.78. The molecule has 0 fully saturated rings. The number of carbonyl (C=O) groups is 1. The second-order valence-electron chi connectivity index (χ2n) is 3.21. The molecule has 0 aromatic carbocycles. The van der Waals surface area contributed by atoms with Gasteiger partial charge >= 0.3 is 5.97 Å². The van der Waals surface area contributed by atoms with Crippen LogP contribution in [0.5, 0.6) is 0 Å². The maximum Gasteiger partial charge on any atom is 0.310 e. The van der Waals surface area contributed by atoms with Crippen molar-refractivity contribution in [2.45, 2.75) is 19.4 Å². The van der Waals surface area contributed by atoms with Crippen molar-refractivity contribution in [2.75, 3.05) is 7.11 Å². The predicted molar refractivity (Wildman–Crippen MR) is 65.5 cm³/mol. The Balaban J connectivity index is 3.28. The Labute approximate surface area is 111 Å². The molecule has 1 aromatic rings. The maximum atomic E-state index is 12.8. The van der Waals surface area contributed by atoms with Crippen LogP contribution < -0.4 is 5.73 Å². The van der Waals surface area contributed by atoms with E-state index in [0.717, 1.165) is 0 Å². The van der Waals surface area contributed by atoms with E-state index < -0.39 is 18.1 Å². The van der Waals surface area contributed by atoms with E-state index in [1.807, 2.05) is 22.6 Å². The molecule has 0 saturated carbocycles. The molecular formula is C10H11F2IN2O2. The molecular weight excluding hydrogens is 345 g/mol. The Kier molecular flexibility index (Phi) is 5.19. The highest BCUT2D eigenvalue weighted by atomic mass is 127. The Bertz CT molecular complexity index is 427. The van der Waals surface area contributed by atoms with Crippen LogP contribution in [0, 0.1) is 3.57 Å². The molecule has 0 aliphatic carbocycles. The predicted octanol–water partition coefficient (Wildman–Crippen LogP) is 1.80. The molecule has 0 aliphatic rings. The van der Waals surface area contributed by atoms with Crippen molar-refractivity contribution in [2.24, 2.45) is 5.73 Å². The minimum Gasteiger partial charge on any atom is -0.469 e. The van der Waals surface area contributed by atoms with Gasteiger partial charge in [-0.2, -0.15) is 0 Å². The third-order valence-electron chi connectivity index (χ3n) is 2.24. The molecule has 7 heteroatoms. The van der Waals surface area contributed by atoms with Crippen LogP contribution in [-0.2, 0) is 22.5 Å². The Morgan fingerprint density at radius 3 is 2.71 bits per heavy atom. The van der Waals surface area contributed by atoms with Gasteiger partial charge in [0.2, 0.25) is 0 Å². The van der Waals surface area contributed by atoms with Crippen molar-refractivity contribution in [3.8, 4) is 0 Å². The molecule has 2 N–H and O–H groups in total. The first-order valence-corrected chi connectivity index (χ1v) is 5.80. The third-order valence-corrected chi connectivity index (χ3v) is 3.17. The van der Waals surface area contributed by atoms with Crippen LogP contribution in [0.15, 0.2) is 6.20 Å². The van der Waals surface area contributed by atoms with Gasteiger partial charge in [-0.15, -0.1) is 0 Å². The van der Waals surface area contributed by atoms with E-state index in [2.05, 4.69) is 9.72 Å². The number of methoxy groups -OCH3 is 1. The number of nitrogens with two attached hydrogens (primary N) is 1. The van der Waals surface area contributed by atoms with Gasteiger partial charge in [0.05, 0.1) is 13.5 Å². The van der Waals surface area contributed by atoms with E-state index in [1.54, 1.807) is 0 Å². The molecule has 0 radical (unpaired) electrons. The molecule has 17 heavy (non-hydrogen) atoms. The number of ether oxygens (including phenoxy) is 1. The lowest BCUT2D eigenvalue weighted by atomic mass is 10.0. The highest BCUT2D eigenvalue weighted by Gasteiger charge is 2.21. The Morgan fingerprint density at radius 2 is 2.24 bits per heavy atom. The lowest BCUT2D eigenvalue weighted by Gasteiger charge is -2.13. The molecule has 0 aliphatic heterocycles. The van der Waals surface area contributed by atoms with Crippen molar-refractivity contribution >= 4 is 28.6 Å². The first kappa shape index (κ1) is 14.2. The summed E-state index contributed by atoms with van der Waals surface area (Å²) in [7, 11) is 1.20. The van der Waals surface area contributed by atoms with Crippen molar-refractivity contribution in [3.63, 3.8) is 0 Å². The number of halogens is 3. The van der Waals surface area contributed by atoms with Crippen LogP contribution in [0.4, 0.5) is 8.78 Å². The van der Waals surface area contributed by atoms with E-state index in [9.17, 15) is 13.6 Å². The van der Waals surface area contributed by atoms with E-state index in [4.69, 9.17) is 5.73 Å². The molecule has 4 nitrogen and oxygen atoms in total. The summed E-state index contributed by atoms with van der Waals surface area (Å²) in [5.74, 6) is -0.592. The summed E-state index contributed by atoms with van der Waals surface area (Å²) in [4.78, 5) is 14.9. The molecule has 1 rings (SSSR count). The first-order valence-electron chi connectivity index (χ1n) is 4.72. The summed E-state index contributed by atoms with van der Waals surface area (Å²) in [5, 5.41) is 0. The van der Waals surface area contributed by atoms with Gasteiger partial charge in [-0.05, 0) is 33.7 Å². The largest absolute Gasteiger partial charge is 0.469 e. The maximum absolute atomic E-state index is 12.8. The fourth-order valence-corrected chi connectivity index (χ4v) is 2.09. The first-order chi connectivity index (χ1) is 8.01. The number of alkyl halides is 2. The Hall–Kier alpha value is -0.830. The lowest BCUT2D eigenvalue weighted by Crippen LogP contribution is -2.14. The summed E-state index contributed by atoms with van der Waals surface area (Å²) >= 11 is 1.95. The van der Waals surface area contributed by atoms with E-state index in [1.165, 1.54) is 13.3 Å². The van der Waals surface area contributed by atoms with Crippen molar-refractivity contribution in [3.05, 3.63) is 26.6 Å². The van der Waals surface area contributed by atoms with E-state index in [-0.39, 0.29) is 18.5 Å². The lowest BCUT2D eigenvalue weighted by molar-refractivity contribution is -0.139. The van der Waals surface area contributed by atoms with Crippen molar-refractivity contribution in [1.82, 2.24) is 4.98 Å². The highest BCUT2D eigenvalue weighted by Crippen LogP contribution is 2.26.